The Balaban J connectivity index is 1.27. The summed E-state index contributed by atoms with van der Waals surface area (Å²) < 4.78 is 0. The smallest absolute Gasteiger partial charge is 0.249 e. The van der Waals surface area contributed by atoms with Crippen LogP contribution >= 0.6 is 11.3 Å². The van der Waals surface area contributed by atoms with Crippen LogP contribution < -0.4 is 15.5 Å². The zero-order chi connectivity index (χ0) is 20.8. The number of H-pyrrole nitrogens is 1. The normalized spacial score (nSPS) is 20.1. The van der Waals surface area contributed by atoms with E-state index in [1.807, 2.05) is 4.90 Å². The van der Waals surface area contributed by atoms with E-state index in [-0.39, 0.29) is 11.9 Å². The third-order valence-electron chi connectivity index (χ3n) is 6.19. The summed E-state index contributed by atoms with van der Waals surface area (Å²) in [5.41, 5.74) is 5.02. The molecule has 160 valence electrons. The Morgan fingerprint density at radius 3 is 2.97 bits per heavy atom. The van der Waals surface area contributed by atoms with Crippen LogP contribution in [-0.2, 0) is 17.6 Å². The summed E-state index contributed by atoms with van der Waals surface area (Å²) in [7, 11) is 0. The highest BCUT2D eigenvalue weighted by atomic mass is 32.1. The van der Waals surface area contributed by atoms with E-state index in [1.54, 1.807) is 5.51 Å². The number of nitrogens with one attached hydrogen (secondary N) is 3. The lowest BCUT2D eigenvalue weighted by Crippen LogP contribution is -2.40. The number of anilines is 4. The summed E-state index contributed by atoms with van der Waals surface area (Å²) in [6.07, 6.45) is 7.09. The quantitative estimate of drug-likeness (QED) is 0.538. The number of aromatic amines is 1. The monoisotopic (exact) mass is 437 g/mol. The zero-order valence-electron chi connectivity index (χ0n) is 17.0. The molecule has 3 aromatic heterocycles. The molecule has 0 spiro atoms. The van der Waals surface area contributed by atoms with Gasteiger partial charge in [-0.1, -0.05) is 11.3 Å². The maximum atomic E-state index is 12.9. The fourth-order valence-corrected chi connectivity index (χ4v) is 4.92. The molecule has 10 nitrogen and oxygen atoms in total. The molecular formula is C20H23N9OS. The third-order valence-corrected chi connectivity index (χ3v) is 6.79. The third kappa shape index (κ3) is 3.62. The van der Waals surface area contributed by atoms with Crippen LogP contribution in [-0.4, -0.2) is 48.9 Å². The number of rotatable bonds is 6. The van der Waals surface area contributed by atoms with E-state index in [1.165, 1.54) is 29.9 Å². The Morgan fingerprint density at radius 2 is 2.13 bits per heavy atom. The number of carbonyl (C=O) groups is 1. The number of amides is 1. The van der Waals surface area contributed by atoms with Gasteiger partial charge in [0.2, 0.25) is 17.0 Å². The first-order valence-corrected chi connectivity index (χ1v) is 11.7. The molecule has 1 amide bonds. The second-order valence-corrected chi connectivity index (χ2v) is 9.18. The summed E-state index contributed by atoms with van der Waals surface area (Å²) in [5, 5.41) is 22.1. The van der Waals surface area contributed by atoms with E-state index in [0.29, 0.717) is 17.0 Å². The SMILES string of the molecule is O=C(Nc1nncs1)[C@@H]1CCCN1c1nc2c(c(Nc3cc(C4CC4)[nH]n3)n1)CCC2. The first-order valence-electron chi connectivity index (χ1n) is 10.8. The van der Waals surface area contributed by atoms with Crippen LogP contribution in [0.2, 0.25) is 0 Å². The van der Waals surface area contributed by atoms with Crippen molar-refractivity contribution in [2.75, 3.05) is 22.1 Å². The highest BCUT2D eigenvalue weighted by Gasteiger charge is 2.34. The fourth-order valence-electron chi connectivity index (χ4n) is 4.47. The molecule has 1 saturated heterocycles. The Bertz CT molecular complexity index is 1110. The van der Waals surface area contributed by atoms with Crippen molar-refractivity contribution in [3.63, 3.8) is 0 Å². The predicted molar refractivity (Wildman–Crippen MR) is 117 cm³/mol. The Labute approximate surface area is 182 Å². The lowest BCUT2D eigenvalue weighted by Gasteiger charge is -2.24. The molecule has 3 aromatic rings. The van der Waals surface area contributed by atoms with Gasteiger partial charge >= 0.3 is 0 Å². The van der Waals surface area contributed by atoms with E-state index in [4.69, 9.17) is 9.97 Å². The van der Waals surface area contributed by atoms with Gasteiger partial charge in [-0.2, -0.15) is 10.1 Å². The first kappa shape index (κ1) is 18.7. The van der Waals surface area contributed by atoms with Crippen LogP contribution in [0.15, 0.2) is 11.6 Å². The van der Waals surface area contributed by atoms with Crippen molar-refractivity contribution < 1.29 is 4.79 Å². The lowest BCUT2D eigenvalue weighted by molar-refractivity contribution is -0.117. The van der Waals surface area contributed by atoms with Crippen LogP contribution in [0.5, 0.6) is 0 Å². The molecular weight excluding hydrogens is 414 g/mol. The Hall–Kier alpha value is -3.08. The van der Waals surface area contributed by atoms with Gasteiger partial charge in [-0.05, 0) is 44.9 Å². The number of fused-ring (bicyclic) bond motifs is 1. The van der Waals surface area contributed by atoms with Crippen molar-refractivity contribution in [2.24, 2.45) is 0 Å². The fraction of sp³-hybridized carbons (Fsp3) is 0.500. The second kappa shape index (κ2) is 7.56. The molecule has 3 aliphatic rings. The maximum absolute atomic E-state index is 12.9. The van der Waals surface area contributed by atoms with Crippen molar-refractivity contribution in [1.82, 2.24) is 30.4 Å². The van der Waals surface area contributed by atoms with Crippen molar-refractivity contribution in [2.45, 2.75) is 56.9 Å². The summed E-state index contributed by atoms with van der Waals surface area (Å²) in [6.45, 7) is 0.751. The minimum atomic E-state index is -0.317. The molecule has 31 heavy (non-hydrogen) atoms. The maximum Gasteiger partial charge on any atom is 0.249 e. The second-order valence-electron chi connectivity index (χ2n) is 8.34. The minimum Gasteiger partial charge on any atom is -0.329 e. The highest BCUT2D eigenvalue weighted by molar-refractivity contribution is 7.13. The lowest BCUT2D eigenvalue weighted by atomic mass is 10.2. The van der Waals surface area contributed by atoms with Crippen LogP contribution in [0.25, 0.3) is 0 Å². The van der Waals surface area contributed by atoms with Crippen molar-refractivity contribution in [3.8, 4) is 0 Å². The van der Waals surface area contributed by atoms with E-state index < -0.39 is 0 Å². The topological polar surface area (TPSA) is 125 Å². The van der Waals surface area contributed by atoms with Crippen LogP contribution in [0.3, 0.4) is 0 Å². The van der Waals surface area contributed by atoms with Gasteiger partial charge in [-0.15, -0.1) is 10.2 Å². The summed E-state index contributed by atoms with van der Waals surface area (Å²) in [5.74, 6) is 2.73. The van der Waals surface area contributed by atoms with E-state index in [2.05, 4.69) is 37.1 Å². The summed E-state index contributed by atoms with van der Waals surface area (Å²) >= 11 is 1.31. The highest BCUT2D eigenvalue weighted by Crippen LogP contribution is 2.40. The minimum absolute atomic E-state index is 0.0887. The van der Waals surface area contributed by atoms with Crippen molar-refractivity contribution in [3.05, 3.63) is 28.5 Å². The van der Waals surface area contributed by atoms with Crippen LogP contribution in [0, 0.1) is 0 Å². The molecule has 0 bridgehead atoms. The average Bonchev–Trinajstić information content (AvgIpc) is 3.27. The number of nitrogens with zero attached hydrogens (tertiary/aromatic N) is 6. The van der Waals surface area contributed by atoms with E-state index in [0.717, 1.165) is 61.5 Å². The molecule has 11 heteroatoms. The molecule has 6 rings (SSSR count). The van der Waals surface area contributed by atoms with E-state index in [9.17, 15) is 4.79 Å². The number of hydrogen-bond acceptors (Lipinski definition) is 9. The molecule has 0 aromatic carbocycles. The molecule has 4 heterocycles. The predicted octanol–water partition coefficient (Wildman–Crippen LogP) is 2.77. The molecule has 3 N–H and O–H groups in total. The van der Waals surface area contributed by atoms with Crippen molar-refractivity contribution >= 4 is 40.0 Å². The van der Waals surface area contributed by atoms with Gasteiger partial charge < -0.3 is 10.2 Å². The summed E-state index contributed by atoms with van der Waals surface area (Å²) in [4.78, 5) is 24.6. The van der Waals surface area contributed by atoms with Gasteiger partial charge in [0.15, 0.2) is 5.82 Å². The molecule has 1 saturated carbocycles. The molecule has 1 aliphatic heterocycles. The number of hydrogen-bond donors (Lipinski definition) is 3. The van der Waals surface area contributed by atoms with Gasteiger partial charge in [-0.3, -0.25) is 15.2 Å². The van der Waals surface area contributed by atoms with Crippen LogP contribution in [0.1, 0.15) is 55.0 Å². The van der Waals surface area contributed by atoms with Crippen LogP contribution in [0.4, 0.5) is 22.7 Å². The standard InChI is InChI=1S/C20H23N9OS/c30-18(25-20-28-21-10-31-20)15-5-2-8-29(15)19-22-13-4-1-3-12(13)17(24-19)23-16-9-14(26-27-16)11-6-7-11/h9-11,15H,1-8H2,(H,25,28,30)(H2,22,23,24,26,27)/t15-/m0/s1. The molecule has 2 aliphatic carbocycles. The Kier molecular flexibility index (Phi) is 4.55. The van der Waals surface area contributed by atoms with Gasteiger partial charge in [0.25, 0.3) is 0 Å². The molecule has 1 atom stereocenters. The molecule has 0 unspecified atom stereocenters. The zero-order valence-corrected chi connectivity index (χ0v) is 17.8. The van der Waals surface area contributed by atoms with Gasteiger partial charge in [0.05, 0.1) is 5.69 Å². The average molecular weight is 438 g/mol. The number of aryl methyl sites for hydroxylation is 1. The first-order chi connectivity index (χ1) is 15.2. The van der Waals surface area contributed by atoms with Gasteiger partial charge in [0, 0.05) is 29.8 Å². The van der Waals surface area contributed by atoms with Gasteiger partial charge in [0.1, 0.15) is 17.4 Å². The summed E-state index contributed by atoms with van der Waals surface area (Å²) in [6, 6.07) is 1.76. The Morgan fingerprint density at radius 1 is 1.19 bits per heavy atom. The number of carbonyl (C=O) groups excluding carboxylic acids is 1. The number of aromatic nitrogens is 6. The largest absolute Gasteiger partial charge is 0.329 e. The van der Waals surface area contributed by atoms with Gasteiger partial charge in [-0.25, -0.2) is 4.98 Å². The molecule has 2 fully saturated rings. The van der Waals surface area contributed by atoms with Crippen molar-refractivity contribution in [1.29, 1.82) is 0 Å². The molecule has 0 radical (unpaired) electrons. The van der Waals surface area contributed by atoms with E-state index >= 15 is 0 Å².